The highest BCUT2D eigenvalue weighted by Gasteiger charge is 2.28. The van der Waals surface area contributed by atoms with Crippen LogP contribution in [-0.2, 0) is 6.42 Å². The molecule has 0 aliphatic heterocycles. The number of hydrogen-bond donors (Lipinski definition) is 3. The van der Waals surface area contributed by atoms with Gasteiger partial charge in [0.2, 0.25) is 0 Å². The molecular weight excluding hydrogens is 336 g/mol. The second kappa shape index (κ2) is 11.4. The van der Waals surface area contributed by atoms with Crippen molar-refractivity contribution >= 4 is 0 Å². The van der Waals surface area contributed by atoms with E-state index in [-0.39, 0.29) is 12.0 Å². The molecule has 2 aromatic rings. The first-order valence-corrected chi connectivity index (χ1v) is 9.35. The molecule has 1 aliphatic carbocycles. The number of aliphatic hydroxyl groups is 2. The lowest BCUT2D eigenvalue weighted by molar-refractivity contribution is 0.0940. The van der Waals surface area contributed by atoms with Crippen LogP contribution in [0.3, 0.4) is 0 Å². The SMILES string of the molecule is C#C.CO.Cc1ccc(Cc2cccc([C@@H]3C[C@H](C)C[C@H](O)C3)c2O)cc1. The van der Waals surface area contributed by atoms with Gasteiger partial charge in [-0.3, -0.25) is 0 Å². The van der Waals surface area contributed by atoms with Gasteiger partial charge in [0, 0.05) is 13.5 Å². The third kappa shape index (κ3) is 6.43. The largest absolute Gasteiger partial charge is 0.507 e. The van der Waals surface area contributed by atoms with Gasteiger partial charge in [0.1, 0.15) is 5.75 Å². The summed E-state index contributed by atoms with van der Waals surface area (Å²) in [6.45, 7) is 4.26. The number of benzene rings is 2. The van der Waals surface area contributed by atoms with E-state index in [0.29, 0.717) is 11.7 Å². The molecule has 1 aliphatic rings. The van der Waals surface area contributed by atoms with E-state index < -0.39 is 0 Å². The van der Waals surface area contributed by atoms with Gasteiger partial charge in [0.05, 0.1) is 6.10 Å². The van der Waals surface area contributed by atoms with Gasteiger partial charge >= 0.3 is 0 Å². The van der Waals surface area contributed by atoms with Gasteiger partial charge in [-0.25, -0.2) is 0 Å². The lowest BCUT2D eigenvalue weighted by Gasteiger charge is -2.31. The van der Waals surface area contributed by atoms with Crippen LogP contribution in [0.2, 0.25) is 0 Å². The Balaban J connectivity index is 0.000000855. The summed E-state index contributed by atoms with van der Waals surface area (Å²) >= 11 is 0. The number of hydrogen-bond acceptors (Lipinski definition) is 3. The summed E-state index contributed by atoms with van der Waals surface area (Å²) in [6.07, 6.45) is 11.2. The summed E-state index contributed by atoms with van der Waals surface area (Å²) in [5.74, 6) is 1.18. The Labute approximate surface area is 163 Å². The van der Waals surface area contributed by atoms with Gasteiger partial charge in [-0.15, -0.1) is 12.8 Å². The number of aromatic hydroxyl groups is 1. The normalized spacial score (nSPS) is 21.2. The van der Waals surface area contributed by atoms with Crippen LogP contribution in [0.5, 0.6) is 5.75 Å². The summed E-state index contributed by atoms with van der Waals surface area (Å²) in [5.41, 5.74) is 4.43. The molecule has 0 saturated heterocycles. The van der Waals surface area contributed by atoms with E-state index in [2.05, 4.69) is 51.0 Å². The maximum atomic E-state index is 10.7. The van der Waals surface area contributed by atoms with E-state index in [9.17, 15) is 10.2 Å². The number of phenols is 1. The molecule has 0 bridgehead atoms. The third-order valence-corrected chi connectivity index (χ3v) is 5.02. The maximum absolute atomic E-state index is 10.7. The number of aliphatic hydroxyl groups excluding tert-OH is 2. The van der Waals surface area contributed by atoms with Gasteiger partial charge in [-0.1, -0.05) is 55.0 Å². The Morgan fingerprint density at radius 3 is 2.19 bits per heavy atom. The highest BCUT2D eigenvalue weighted by atomic mass is 16.3. The fourth-order valence-corrected chi connectivity index (χ4v) is 3.83. The van der Waals surface area contributed by atoms with E-state index in [4.69, 9.17) is 5.11 Å². The van der Waals surface area contributed by atoms with Crippen LogP contribution in [0.4, 0.5) is 0 Å². The van der Waals surface area contributed by atoms with E-state index in [1.807, 2.05) is 18.2 Å². The smallest absolute Gasteiger partial charge is 0.122 e. The summed E-state index contributed by atoms with van der Waals surface area (Å²) in [4.78, 5) is 0. The molecule has 3 rings (SSSR count). The van der Waals surface area contributed by atoms with E-state index >= 15 is 0 Å². The van der Waals surface area contributed by atoms with Crippen LogP contribution in [0, 0.1) is 25.7 Å². The molecule has 1 saturated carbocycles. The van der Waals surface area contributed by atoms with Crippen molar-refractivity contribution in [3.63, 3.8) is 0 Å². The van der Waals surface area contributed by atoms with Crippen molar-refractivity contribution in [3.8, 4) is 18.6 Å². The Hall–Kier alpha value is -2.28. The zero-order chi connectivity index (χ0) is 20.4. The number of aryl methyl sites for hydroxylation is 1. The van der Waals surface area contributed by atoms with Crippen molar-refractivity contribution in [2.75, 3.05) is 7.11 Å². The summed E-state index contributed by atoms with van der Waals surface area (Å²) < 4.78 is 0. The van der Waals surface area contributed by atoms with Crippen molar-refractivity contribution in [1.82, 2.24) is 0 Å². The molecule has 0 heterocycles. The minimum atomic E-state index is -0.246. The number of rotatable bonds is 3. The highest BCUT2D eigenvalue weighted by molar-refractivity contribution is 5.45. The first-order valence-electron chi connectivity index (χ1n) is 9.35. The van der Waals surface area contributed by atoms with Gasteiger partial charge in [-0.2, -0.15) is 0 Å². The van der Waals surface area contributed by atoms with E-state index in [0.717, 1.165) is 43.9 Å². The predicted octanol–water partition coefficient (Wildman–Crippen LogP) is 4.41. The minimum absolute atomic E-state index is 0.246. The fourth-order valence-electron chi connectivity index (χ4n) is 3.83. The second-order valence-electron chi connectivity index (χ2n) is 7.18. The van der Waals surface area contributed by atoms with Crippen LogP contribution in [0.15, 0.2) is 42.5 Å². The Kier molecular flexibility index (Phi) is 9.64. The van der Waals surface area contributed by atoms with Crippen molar-refractivity contribution in [3.05, 3.63) is 64.7 Å². The van der Waals surface area contributed by atoms with Crippen molar-refractivity contribution in [2.45, 2.75) is 51.6 Å². The standard InChI is InChI=1S/C21H26O2.C2H2.CH4O/c1-14-6-8-16(9-7-14)12-17-4-3-5-20(21(17)23)18-10-15(2)11-19(22)13-18;2*1-2/h3-9,15,18-19,22-23H,10-13H2,1-2H3;1-2H;2H,1H3/t15-,18+,19-;;/m0../s1. The monoisotopic (exact) mass is 368 g/mol. The van der Waals surface area contributed by atoms with Crippen LogP contribution >= 0.6 is 0 Å². The molecular formula is C24H32O3. The Bertz CT molecular complexity index is 693. The lowest BCUT2D eigenvalue weighted by Crippen LogP contribution is -2.23. The maximum Gasteiger partial charge on any atom is 0.122 e. The molecule has 3 atom stereocenters. The highest BCUT2D eigenvalue weighted by Crippen LogP contribution is 2.41. The molecule has 0 radical (unpaired) electrons. The zero-order valence-electron chi connectivity index (χ0n) is 16.6. The summed E-state index contributed by atoms with van der Waals surface area (Å²) in [5, 5.41) is 27.8. The quantitative estimate of drug-likeness (QED) is 0.703. The van der Waals surface area contributed by atoms with Crippen LogP contribution < -0.4 is 0 Å². The number of phenolic OH excluding ortho intramolecular Hbond substituents is 1. The summed E-state index contributed by atoms with van der Waals surface area (Å²) in [7, 11) is 1.00. The van der Waals surface area contributed by atoms with Gasteiger partial charge in [-0.05, 0) is 54.7 Å². The molecule has 146 valence electrons. The zero-order valence-corrected chi connectivity index (χ0v) is 16.6. The minimum Gasteiger partial charge on any atom is -0.507 e. The van der Waals surface area contributed by atoms with E-state index in [1.54, 1.807) is 0 Å². The average molecular weight is 369 g/mol. The Morgan fingerprint density at radius 1 is 0.963 bits per heavy atom. The molecule has 0 spiro atoms. The molecule has 3 nitrogen and oxygen atoms in total. The van der Waals surface area contributed by atoms with Crippen molar-refractivity contribution in [2.24, 2.45) is 5.92 Å². The first-order chi connectivity index (χ1) is 13.0. The predicted molar refractivity (Wildman–Crippen MR) is 112 cm³/mol. The molecule has 3 heteroatoms. The van der Waals surface area contributed by atoms with Gasteiger partial charge < -0.3 is 15.3 Å². The molecule has 1 fully saturated rings. The lowest BCUT2D eigenvalue weighted by atomic mass is 9.76. The average Bonchev–Trinajstić information content (AvgIpc) is 2.67. The second-order valence-corrected chi connectivity index (χ2v) is 7.18. The number of terminal acetylenes is 1. The van der Waals surface area contributed by atoms with Crippen LogP contribution in [0.25, 0.3) is 0 Å². The Morgan fingerprint density at radius 2 is 1.59 bits per heavy atom. The molecule has 3 N–H and O–H groups in total. The first kappa shape index (κ1) is 22.8. The third-order valence-electron chi connectivity index (χ3n) is 5.02. The van der Waals surface area contributed by atoms with Crippen LogP contribution in [-0.4, -0.2) is 28.5 Å². The van der Waals surface area contributed by atoms with Gasteiger partial charge in [0.15, 0.2) is 0 Å². The fraction of sp³-hybridized carbons (Fsp3) is 0.417. The van der Waals surface area contributed by atoms with Crippen LogP contribution in [0.1, 0.15) is 54.4 Å². The topological polar surface area (TPSA) is 60.7 Å². The van der Waals surface area contributed by atoms with Gasteiger partial charge in [0.25, 0.3) is 0 Å². The molecule has 0 aromatic heterocycles. The summed E-state index contributed by atoms with van der Waals surface area (Å²) in [6, 6.07) is 14.5. The van der Waals surface area contributed by atoms with Crippen molar-refractivity contribution in [1.29, 1.82) is 0 Å². The van der Waals surface area contributed by atoms with E-state index in [1.165, 1.54) is 11.1 Å². The van der Waals surface area contributed by atoms with Crippen molar-refractivity contribution < 1.29 is 15.3 Å². The molecule has 27 heavy (non-hydrogen) atoms. The molecule has 2 aromatic carbocycles. The molecule has 0 unspecified atom stereocenters. The molecule has 0 amide bonds. The number of para-hydroxylation sites is 1.